The van der Waals surface area contributed by atoms with Gasteiger partial charge in [-0.05, 0) is 43.7 Å². The van der Waals surface area contributed by atoms with Crippen molar-refractivity contribution < 1.29 is 18.8 Å². The maximum atomic E-state index is 14.6. The van der Waals surface area contributed by atoms with Gasteiger partial charge in [-0.25, -0.2) is 9.18 Å². The molecular weight excluding hydrogens is 399 g/mol. The average molecular weight is 431 g/mol. The fourth-order valence-corrected chi connectivity index (χ4v) is 5.36. The largest absolute Gasteiger partial charge is 0.353 e. The molecule has 3 fully saturated rings. The summed E-state index contributed by atoms with van der Waals surface area (Å²) >= 11 is 0. The summed E-state index contributed by atoms with van der Waals surface area (Å²) in [6, 6.07) is 6.19. The third-order valence-corrected chi connectivity index (χ3v) is 7.00. The maximum absolute atomic E-state index is 14.6. The van der Waals surface area contributed by atoms with Gasteiger partial charge in [0.1, 0.15) is 11.9 Å². The van der Waals surface area contributed by atoms with Crippen molar-refractivity contribution in [2.45, 2.75) is 68.9 Å². The van der Waals surface area contributed by atoms with Crippen LogP contribution in [0.1, 0.15) is 56.9 Å². The maximum Gasteiger partial charge on any atom is 0.322 e. The predicted octanol–water partition coefficient (Wildman–Crippen LogP) is 2.21. The summed E-state index contributed by atoms with van der Waals surface area (Å²) < 4.78 is 14.6. The second kappa shape index (κ2) is 9.34. The molecule has 8 heteroatoms. The molecule has 1 unspecified atom stereocenters. The lowest BCUT2D eigenvalue weighted by molar-refractivity contribution is -0.123. The molecule has 1 aromatic rings. The summed E-state index contributed by atoms with van der Waals surface area (Å²) in [5, 5.41) is 7.75. The number of nitrogens with one attached hydrogen (secondary N) is 3. The van der Waals surface area contributed by atoms with Gasteiger partial charge in [0.05, 0.1) is 0 Å². The van der Waals surface area contributed by atoms with Crippen LogP contribution >= 0.6 is 0 Å². The van der Waals surface area contributed by atoms with Crippen LogP contribution in [0.15, 0.2) is 24.3 Å². The number of amides is 4. The van der Waals surface area contributed by atoms with Crippen molar-refractivity contribution in [3.8, 4) is 0 Å². The molecule has 0 radical (unpaired) electrons. The van der Waals surface area contributed by atoms with E-state index in [-0.39, 0.29) is 35.5 Å². The molecule has 4 rings (SSSR count). The van der Waals surface area contributed by atoms with E-state index in [1.54, 1.807) is 12.1 Å². The second-order valence-electron chi connectivity index (χ2n) is 9.14. The van der Waals surface area contributed by atoms with Crippen molar-refractivity contribution in [3.05, 3.63) is 35.6 Å². The molecule has 168 valence electrons. The number of piperidine rings is 1. The van der Waals surface area contributed by atoms with Crippen LogP contribution in [-0.4, -0.2) is 54.5 Å². The van der Waals surface area contributed by atoms with E-state index in [0.717, 1.165) is 63.7 Å². The molecule has 0 bridgehead atoms. The molecule has 2 saturated heterocycles. The Morgan fingerprint density at radius 2 is 1.87 bits per heavy atom. The van der Waals surface area contributed by atoms with Crippen LogP contribution in [0.25, 0.3) is 0 Å². The molecule has 0 spiro atoms. The van der Waals surface area contributed by atoms with E-state index in [9.17, 15) is 18.8 Å². The monoisotopic (exact) mass is 430 g/mol. The van der Waals surface area contributed by atoms with E-state index < -0.39 is 12.1 Å². The number of carbonyl (C=O) groups excluding carboxylic acids is 3. The quantitative estimate of drug-likeness (QED) is 0.579. The van der Waals surface area contributed by atoms with Gasteiger partial charge in [0.15, 0.2) is 0 Å². The van der Waals surface area contributed by atoms with Gasteiger partial charge in [-0.2, -0.15) is 0 Å². The van der Waals surface area contributed by atoms with Crippen molar-refractivity contribution in [2.75, 3.05) is 19.6 Å². The second-order valence-corrected chi connectivity index (χ2v) is 9.14. The summed E-state index contributed by atoms with van der Waals surface area (Å²) in [6.07, 6.45) is 6.55. The van der Waals surface area contributed by atoms with E-state index in [0.29, 0.717) is 6.42 Å². The van der Waals surface area contributed by atoms with Gasteiger partial charge in [0.25, 0.3) is 5.91 Å². The SMILES string of the molecule is O=C(CCC1NC(=O)NC1=O)NC1CCN(CC2(c3ccccc3F)CCCC2)CC1. The van der Waals surface area contributed by atoms with Gasteiger partial charge in [-0.1, -0.05) is 31.0 Å². The molecule has 1 saturated carbocycles. The Hall–Kier alpha value is -2.48. The highest BCUT2D eigenvalue weighted by molar-refractivity contribution is 6.04. The van der Waals surface area contributed by atoms with E-state index in [1.807, 2.05) is 12.1 Å². The third kappa shape index (κ3) is 5.06. The molecule has 7 nitrogen and oxygen atoms in total. The Labute approximate surface area is 182 Å². The number of hydrogen-bond acceptors (Lipinski definition) is 4. The molecule has 4 amide bonds. The van der Waals surface area contributed by atoms with Gasteiger partial charge in [0.2, 0.25) is 5.91 Å². The standard InChI is InChI=1S/C23H31FN4O3/c24-18-6-2-1-5-17(18)23(11-3-4-12-23)15-28-13-9-16(10-14-28)25-20(29)8-7-19-21(30)27-22(31)26-19/h1-2,5-6,16,19H,3-4,7-15H2,(H,25,29)(H2,26,27,30,31). The lowest BCUT2D eigenvalue weighted by atomic mass is 9.77. The Morgan fingerprint density at radius 3 is 2.52 bits per heavy atom. The highest BCUT2D eigenvalue weighted by Gasteiger charge is 2.39. The van der Waals surface area contributed by atoms with Gasteiger partial charge >= 0.3 is 6.03 Å². The lowest BCUT2D eigenvalue weighted by Crippen LogP contribution is -2.48. The van der Waals surface area contributed by atoms with Crippen LogP contribution in [0, 0.1) is 5.82 Å². The van der Waals surface area contributed by atoms with E-state index in [1.165, 1.54) is 0 Å². The Morgan fingerprint density at radius 1 is 1.16 bits per heavy atom. The number of benzene rings is 1. The number of halogens is 1. The van der Waals surface area contributed by atoms with Crippen LogP contribution in [-0.2, 0) is 15.0 Å². The minimum Gasteiger partial charge on any atom is -0.353 e. The first-order valence-corrected chi connectivity index (χ1v) is 11.3. The topological polar surface area (TPSA) is 90.5 Å². The van der Waals surface area contributed by atoms with E-state index >= 15 is 0 Å². The van der Waals surface area contributed by atoms with Crippen LogP contribution in [0.3, 0.4) is 0 Å². The summed E-state index contributed by atoms with van der Waals surface area (Å²) in [5.74, 6) is -0.563. The molecule has 0 aromatic heterocycles. The number of rotatable bonds is 7. The molecule has 1 aliphatic carbocycles. The smallest absolute Gasteiger partial charge is 0.322 e. The Bertz CT molecular complexity index is 832. The number of likely N-dealkylation sites (tertiary alicyclic amines) is 1. The molecule has 2 aliphatic heterocycles. The van der Waals surface area contributed by atoms with Gasteiger partial charge in [0, 0.05) is 37.5 Å². The highest BCUT2D eigenvalue weighted by atomic mass is 19.1. The minimum absolute atomic E-state index is 0.0916. The number of imide groups is 1. The van der Waals surface area contributed by atoms with Crippen LogP contribution in [0.5, 0.6) is 0 Å². The number of carbonyl (C=O) groups is 3. The van der Waals surface area contributed by atoms with E-state index in [2.05, 4.69) is 20.9 Å². The summed E-state index contributed by atoms with van der Waals surface area (Å²) in [7, 11) is 0. The summed E-state index contributed by atoms with van der Waals surface area (Å²) in [6.45, 7) is 2.62. The molecule has 3 N–H and O–H groups in total. The molecule has 3 aliphatic rings. The van der Waals surface area contributed by atoms with Crippen LogP contribution in [0.2, 0.25) is 0 Å². The fourth-order valence-electron chi connectivity index (χ4n) is 5.36. The Balaban J connectivity index is 1.25. The van der Waals surface area contributed by atoms with Crippen molar-refractivity contribution in [2.24, 2.45) is 0 Å². The van der Waals surface area contributed by atoms with E-state index in [4.69, 9.17) is 0 Å². The first-order valence-electron chi connectivity index (χ1n) is 11.3. The molecule has 2 heterocycles. The number of urea groups is 1. The lowest BCUT2D eigenvalue weighted by Gasteiger charge is -2.39. The number of hydrogen-bond donors (Lipinski definition) is 3. The van der Waals surface area contributed by atoms with Gasteiger partial charge < -0.3 is 15.5 Å². The molecule has 1 atom stereocenters. The third-order valence-electron chi connectivity index (χ3n) is 7.00. The van der Waals surface area contributed by atoms with Crippen LogP contribution in [0.4, 0.5) is 9.18 Å². The van der Waals surface area contributed by atoms with Crippen LogP contribution < -0.4 is 16.0 Å². The minimum atomic E-state index is -0.624. The molecular formula is C23H31FN4O3. The van der Waals surface area contributed by atoms with Crippen molar-refractivity contribution in [3.63, 3.8) is 0 Å². The number of nitrogens with zero attached hydrogens (tertiary/aromatic N) is 1. The summed E-state index contributed by atoms with van der Waals surface area (Å²) in [5.41, 5.74) is 0.749. The average Bonchev–Trinajstić information content (AvgIpc) is 3.34. The first kappa shape index (κ1) is 21.7. The normalized spacial score (nSPS) is 24.1. The summed E-state index contributed by atoms with van der Waals surface area (Å²) in [4.78, 5) is 37.4. The fraction of sp³-hybridized carbons (Fsp3) is 0.609. The molecule has 1 aromatic carbocycles. The zero-order valence-corrected chi connectivity index (χ0v) is 17.8. The van der Waals surface area contributed by atoms with Gasteiger partial charge in [-0.15, -0.1) is 0 Å². The highest BCUT2D eigenvalue weighted by Crippen LogP contribution is 2.43. The van der Waals surface area contributed by atoms with Crippen molar-refractivity contribution in [1.29, 1.82) is 0 Å². The predicted molar refractivity (Wildman–Crippen MR) is 114 cm³/mol. The van der Waals surface area contributed by atoms with Gasteiger partial charge in [-0.3, -0.25) is 14.9 Å². The Kier molecular flexibility index (Phi) is 6.55. The zero-order valence-electron chi connectivity index (χ0n) is 17.8. The van der Waals surface area contributed by atoms with Crippen molar-refractivity contribution in [1.82, 2.24) is 20.9 Å². The van der Waals surface area contributed by atoms with Crippen molar-refractivity contribution >= 4 is 17.8 Å². The first-order chi connectivity index (χ1) is 14.9. The zero-order chi connectivity index (χ0) is 21.8. The molecule has 31 heavy (non-hydrogen) atoms.